The van der Waals surface area contributed by atoms with Gasteiger partial charge in [-0.25, -0.2) is 9.79 Å². The molecule has 1 heterocycles. The first-order valence-electron chi connectivity index (χ1n) is 8.95. The van der Waals surface area contributed by atoms with Crippen molar-refractivity contribution in [3.63, 3.8) is 0 Å². The number of hydrogen-bond acceptors (Lipinski definition) is 5. The third-order valence-corrected chi connectivity index (χ3v) is 5.70. The first kappa shape index (κ1) is 22.2. The lowest BCUT2D eigenvalue weighted by Crippen LogP contribution is -2.14. The summed E-state index contributed by atoms with van der Waals surface area (Å²) >= 11 is 13.1. The lowest BCUT2D eigenvalue weighted by atomic mass is 10.1. The summed E-state index contributed by atoms with van der Waals surface area (Å²) in [6, 6.07) is 11.8. The van der Waals surface area contributed by atoms with Gasteiger partial charge in [0.2, 0.25) is 0 Å². The second-order valence-corrected chi connectivity index (χ2v) is 8.18. The van der Waals surface area contributed by atoms with Crippen LogP contribution in [-0.2, 0) is 9.53 Å². The van der Waals surface area contributed by atoms with E-state index < -0.39 is 11.9 Å². The molecule has 1 aliphatic rings. The quantitative estimate of drug-likeness (QED) is 0.564. The zero-order valence-electron chi connectivity index (χ0n) is 16.1. The average molecular weight is 462 g/mol. The lowest BCUT2D eigenvalue weighted by Gasteiger charge is -2.03. The van der Waals surface area contributed by atoms with Gasteiger partial charge in [0.25, 0.3) is 5.91 Å². The van der Waals surface area contributed by atoms with Crippen LogP contribution in [0.1, 0.15) is 28.4 Å². The Kier molecular flexibility index (Phi) is 7.02. The fraction of sp³-hybridized carbons (Fsp3) is 0.136. The number of amides is 1. The highest BCUT2D eigenvalue weighted by Gasteiger charge is 2.34. The van der Waals surface area contributed by atoms with Gasteiger partial charge >= 0.3 is 5.97 Å². The molecular weight excluding hydrogens is 445 g/mol. The molecule has 0 aromatic heterocycles. The van der Waals surface area contributed by atoms with Crippen LogP contribution in [0.3, 0.4) is 0 Å². The van der Waals surface area contributed by atoms with Gasteiger partial charge in [0, 0.05) is 15.6 Å². The molecule has 0 bridgehead atoms. The van der Waals surface area contributed by atoms with Crippen LogP contribution < -0.4 is 0 Å². The van der Waals surface area contributed by atoms with Crippen molar-refractivity contribution in [3.05, 3.63) is 85.4 Å². The molecule has 0 saturated carbocycles. The number of ether oxygens (including phenoxy) is 1. The number of aryl methyl sites for hydroxylation is 1. The monoisotopic (exact) mass is 461 g/mol. The van der Waals surface area contributed by atoms with Crippen LogP contribution in [-0.4, -0.2) is 28.6 Å². The number of aliphatic hydroxyl groups excluding tert-OH is 1. The fourth-order valence-electron chi connectivity index (χ4n) is 2.60. The highest BCUT2D eigenvalue weighted by atomic mass is 35.5. The number of carbonyl (C=O) groups excluding carboxylic acids is 2. The second kappa shape index (κ2) is 9.51. The van der Waals surface area contributed by atoms with Crippen LogP contribution >= 0.6 is 35.0 Å². The van der Waals surface area contributed by atoms with E-state index in [1.54, 1.807) is 55.5 Å². The highest BCUT2D eigenvalue weighted by Crippen LogP contribution is 2.40. The SMILES string of the molecule is CCOC(=O)C1=C(O)/C(=C\c2ccc(Cl)cc2Cl)SC1=NC(=O)c1ccc(C)cc1. The van der Waals surface area contributed by atoms with E-state index in [0.29, 0.717) is 26.1 Å². The number of carbonyl (C=O) groups is 2. The van der Waals surface area contributed by atoms with Crippen LogP contribution in [0.2, 0.25) is 10.0 Å². The van der Waals surface area contributed by atoms with Gasteiger partial charge in [-0.3, -0.25) is 4.79 Å². The zero-order valence-corrected chi connectivity index (χ0v) is 18.4. The van der Waals surface area contributed by atoms with Crippen molar-refractivity contribution in [3.8, 4) is 0 Å². The van der Waals surface area contributed by atoms with E-state index in [1.165, 1.54) is 0 Å². The number of rotatable bonds is 4. The summed E-state index contributed by atoms with van der Waals surface area (Å²) in [7, 11) is 0. The Morgan fingerprint density at radius 2 is 1.87 bits per heavy atom. The van der Waals surface area contributed by atoms with E-state index in [1.807, 2.05) is 6.92 Å². The van der Waals surface area contributed by atoms with Crippen molar-refractivity contribution in [2.45, 2.75) is 13.8 Å². The van der Waals surface area contributed by atoms with Crippen LogP contribution in [0.4, 0.5) is 0 Å². The van der Waals surface area contributed by atoms with E-state index in [9.17, 15) is 14.7 Å². The third kappa shape index (κ3) is 4.95. The van der Waals surface area contributed by atoms with E-state index in [4.69, 9.17) is 27.9 Å². The zero-order chi connectivity index (χ0) is 21.8. The summed E-state index contributed by atoms with van der Waals surface area (Å²) in [6.45, 7) is 3.67. The van der Waals surface area contributed by atoms with Crippen LogP contribution in [0, 0.1) is 6.92 Å². The summed E-state index contributed by atoms with van der Waals surface area (Å²) in [5.74, 6) is -1.61. The Hall–Kier alpha value is -2.54. The number of aliphatic imine (C=N–C) groups is 1. The topological polar surface area (TPSA) is 76.0 Å². The number of esters is 1. The van der Waals surface area contributed by atoms with Gasteiger partial charge in [-0.15, -0.1) is 0 Å². The molecule has 5 nitrogen and oxygen atoms in total. The molecule has 0 radical (unpaired) electrons. The predicted molar refractivity (Wildman–Crippen MR) is 121 cm³/mol. The van der Waals surface area contributed by atoms with Gasteiger partial charge in [-0.2, -0.15) is 0 Å². The third-order valence-electron chi connectivity index (χ3n) is 4.12. The largest absolute Gasteiger partial charge is 0.506 e. The summed E-state index contributed by atoms with van der Waals surface area (Å²) in [5, 5.41) is 11.6. The standard InChI is InChI=1S/C22H17Cl2NO4S/c1-3-29-22(28)18-19(26)17(10-14-8-9-15(23)11-16(14)24)30-21(18)25-20(27)13-6-4-12(2)5-7-13/h4-11,26H,3H2,1-2H3/b17-10+,25-21?. The maximum absolute atomic E-state index is 12.6. The Balaban J connectivity index is 2.02. The number of benzene rings is 2. The van der Waals surface area contributed by atoms with E-state index in [-0.39, 0.29) is 23.0 Å². The van der Waals surface area contributed by atoms with Gasteiger partial charge in [0.05, 0.1) is 11.5 Å². The molecule has 0 unspecified atom stereocenters. The molecule has 0 saturated heterocycles. The molecule has 2 aromatic carbocycles. The van der Waals surface area contributed by atoms with Crippen molar-refractivity contribution in [2.24, 2.45) is 4.99 Å². The number of halogens is 2. The minimum Gasteiger partial charge on any atom is -0.506 e. The van der Waals surface area contributed by atoms with Crippen molar-refractivity contribution in [1.29, 1.82) is 0 Å². The number of thioether (sulfide) groups is 1. The molecular formula is C22H17Cl2NO4S. The van der Waals surface area contributed by atoms with Crippen molar-refractivity contribution < 1.29 is 19.4 Å². The minimum atomic E-state index is -0.761. The Bertz CT molecular complexity index is 1100. The van der Waals surface area contributed by atoms with E-state index in [2.05, 4.69) is 4.99 Å². The molecule has 3 rings (SSSR count). The smallest absolute Gasteiger partial charge is 0.344 e. The molecule has 8 heteroatoms. The van der Waals surface area contributed by atoms with Crippen LogP contribution in [0.25, 0.3) is 6.08 Å². The van der Waals surface area contributed by atoms with Gasteiger partial charge in [-0.05, 0) is 49.8 Å². The van der Waals surface area contributed by atoms with Gasteiger partial charge < -0.3 is 9.84 Å². The normalized spacial score (nSPS) is 16.4. The molecule has 0 fully saturated rings. The Labute approximate surface area is 188 Å². The first-order chi connectivity index (χ1) is 14.3. The number of hydrogen-bond donors (Lipinski definition) is 1. The maximum atomic E-state index is 12.6. The first-order valence-corrected chi connectivity index (χ1v) is 10.5. The number of aliphatic hydroxyl groups is 1. The van der Waals surface area contributed by atoms with Crippen molar-refractivity contribution in [1.82, 2.24) is 0 Å². The lowest BCUT2D eigenvalue weighted by molar-refractivity contribution is -0.138. The van der Waals surface area contributed by atoms with Crippen molar-refractivity contribution in [2.75, 3.05) is 6.61 Å². The van der Waals surface area contributed by atoms with Gasteiger partial charge in [0.15, 0.2) is 0 Å². The summed E-state index contributed by atoms with van der Waals surface area (Å²) in [6.07, 6.45) is 1.59. The summed E-state index contributed by atoms with van der Waals surface area (Å²) in [5.41, 5.74) is 1.81. The molecule has 1 aliphatic heterocycles. The van der Waals surface area contributed by atoms with E-state index in [0.717, 1.165) is 17.3 Å². The fourth-order valence-corrected chi connectivity index (χ4v) is 4.07. The Morgan fingerprint density at radius 1 is 1.17 bits per heavy atom. The predicted octanol–water partition coefficient (Wildman–Crippen LogP) is 6.00. The molecule has 154 valence electrons. The molecule has 1 N–H and O–H groups in total. The Morgan fingerprint density at radius 3 is 2.50 bits per heavy atom. The van der Waals surface area contributed by atoms with Crippen LogP contribution in [0.5, 0.6) is 0 Å². The van der Waals surface area contributed by atoms with Crippen LogP contribution in [0.15, 0.2) is 63.7 Å². The number of nitrogens with zero attached hydrogens (tertiary/aromatic N) is 1. The average Bonchev–Trinajstić information content (AvgIpc) is 2.99. The van der Waals surface area contributed by atoms with Crippen molar-refractivity contribution >= 4 is 58.0 Å². The molecule has 1 amide bonds. The molecule has 0 atom stereocenters. The van der Waals surface area contributed by atoms with E-state index >= 15 is 0 Å². The molecule has 30 heavy (non-hydrogen) atoms. The van der Waals surface area contributed by atoms with Gasteiger partial charge in [0.1, 0.15) is 16.4 Å². The second-order valence-electron chi connectivity index (χ2n) is 6.31. The minimum absolute atomic E-state index is 0.0628. The molecule has 0 spiro atoms. The maximum Gasteiger partial charge on any atom is 0.344 e. The summed E-state index contributed by atoms with van der Waals surface area (Å²) in [4.78, 5) is 29.4. The molecule has 0 aliphatic carbocycles. The molecule has 2 aromatic rings. The summed E-state index contributed by atoms with van der Waals surface area (Å²) < 4.78 is 5.03. The highest BCUT2D eigenvalue weighted by molar-refractivity contribution is 8.18. The van der Waals surface area contributed by atoms with Gasteiger partial charge in [-0.1, -0.05) is 58.7 Å².